The van der Waals surface area contributed by atoms with Crippen LogP contribution in [-0.2, 0) is 9.59 Å². The molecule has 0 aliphatic heterocycles. The minimum Gasteiger partial charge on any atom is -0.300 e. The Bertz CT molecular complexity index is 155. The van der Waals surface area contributed by atoms with Gasteiger partial charge in [-0.25, -0.2) is 0 Å². The van der Waals surface area contributed by atoms with Gasteiger partial charge in [0.1, 0.15) is 5.78 Å². The van der Waals surface area contributed by atoms with Gasteiger partial charge in [-0.05, 0) is 20.8 Å². The number of rotatable bonds is 3. The van der Waals surface area contributed by atoms with E-state index in [0.717, 1.165) is 0 Å². The lowest BCUT2D eigenvalue weighted by molar-refractivity contribution is -0.117. The Kier molecular flexibility index (Phi) is 3.79. The standard InChI is InChI=1S/C8H14O2S/c1-6(9)5-8(3,4)11-7(2)10/h5H2,1-4H3. The fraction of sp³-hybridized carbons (Fsp3) is 0.750. The van der Waals surface area contributed by atoms with E-state index >= 15 is 0 Å². The molecule has 2 nitrogen and oxygen atoms in total. The molecule has 0 aromatic rings. The summed E-state index contributed by atoms with van der Waals surface area (Å²) in [6.45, 7) is 6.87. The van der Waals surface area contributed by atoms with Crippen LogP contribution in [0.25, 0.3) is 0 Å². The van der Waals surface area contributed by atoms with Crippen molar-refractivity contribution >= 4 is 22.7 Å². The number of ketones is 1. The van der Waals surface area contributed by atoms with Crippen molar-refractivity contribution in [3.8, 4) is 0 Å². The van der Waals surface area contributed by atoms with Crippen molar-refractivity contribution in [2.45, 2.75) is 38.9 Å². The van der Waals surface area contributed by atoms with Crippen LogP contribution in [0.1, 0.15) is 34.1 Å². The molecule has 0 radical (unpaired) electrons. The van der Waals surface area contributed by atoms with Gasteiger partial charge < -0.3 is 0 Å². The van der Waals surface area contributed by atoms with Crippen LogP contribution in [0.2, 0.25) is 0 Å². The Morgan fingerprint density at radius 2 is 1.73 bits per heavy atom. The molecule has 0 spiro atoms. The second-order valence-electron chi connectivity index (χ2n) is 3.23. The molecule has 0 N–H and O–H groups in total. The molecule has 0 aromatic heterocycles. The van der Waals surface area contributed by atoms with E-state index in [1.54, 1.807) is 6.92 Å². The van der Waals surface area contributed by atoms with E-state index in [4.69, 9.17) is 0 Å². The first-order valence-corrected chi connectivity index (χ1v) is 4.34. The van der Waals surface area contributed by atoms with Crippen molar-refractivity contribution in [2.24, 2.45) is 0 Å². The summed E-state index contributed by atoms with van der Waals surface area (Å²) in [6, 6.07) is 0. The third kappa shape index (κ3) is 6.10. The van der Waals surface area contributed by atoms with E-state index < -0.39 is 0 Å². The normalized spacial score (nSPS) is 11.3. The maximum absolute atomic E-state index is 10.7. The molecule has 0 aliphatic carbocycles. The summed E-state index contributed by atoms with van der Waals surface area (Å²) in [5, 5.41) is 0.0660. The topological polar surface area (TPSA) is 34.1 Å². The van der Waals surface area contributed by atoms with Gasteiger partial charge in [0.2, 0.25) is 0 Å². The quantitative estimate of drug-likeness (QED) is 0.656. The van der Waals surface area contributed by atoms with E-state index in [-0.39, 0.29) is 15.6 Å². The molecule has 0 saturated heterocycles. The van der Waals surface area contributed by atoms with Crippen LogP contribution < -0.4 is 0 Å². The molecule has 0 aromatic carbocycles. The first kappa shape index (κ1) is 10.7. The lowest BCUT2D eigenvalue weighted by Gasteiger charge is -2.19. The lowest BCUT2D eigenvalue weighted by Crippen LogP contribution is -2.20. The molecular formula is C8H14O2S. The summed E-state index contributed by atoms with van der Waals surface area (Å²) in [5.74, 6) is 0.128. The molecule has 0 rings (SSSR count). The Balaban J connectivity index is 3.99. The highest BCUT2D eigenvalue weighted by atomic mass is 32.2. The van der Waals surface area contributed by atoms with E-state index in [0.29, 0.717) is 6.42 Å². The monoisotopic (exact) mass is 174 g/mol. The fourth-order valence-electron chi connectivity index (χ4n) is 1.02. The van der Waals surface area contributed by atoms with Crippen molar-refractivity contribution in [3.05, 3.63) is 0 Å². The predicted molar refractivity (Wildman–Crippen MR) is 47.6 cm³/mol. The smallest absolute Gasteiger partial charge is 0.186 e. The van der Waals surface area contributed by atoms with Gasteiger partial charge in [-0.1, -0.05) is 11.8 Å². The number of hydrogen-bond donors (Lipinski definition) is 0. The van der Waals surface area contributed by atoms with E-state index in [9.17, 15) is 9.59 Å². The van der Waals surface area contributed by atoms with Crippen LogP contribution in [0.4, 0.5) is 0 Å². The van der Waals surface area contributed by atoms with Gasteiger partial charge in [0.15, 0.2) is 5.12 Å². The number of carbonyl (C=O) groups excluding carboxylic acids is 2. The highest BCUT2D eigenvalue weighted by Crippen LogP contribution is 2.28. The molecule has 3 heteroatoms. The van der Waals surface area contributed by atoms with Crippen molar-refractivity contribution in [3.63, 3.8) is 0 Å². The summed E-state index contributed by atoms with van der Waals surface area (Å²) in [5.41, 5.74) is 0. The van der Waals surface area contributed by atoms with E-state index in [1.807, 2.05) is 13.8 Å². The predicted octanol–water partition coefficient (Wildman–Crippen LogP) is 2.02. The Hall–Kier alpha value is -0.310. The van der Waals surface area contributed by atoms with Gasteiger partial charge in [0.25, 0.3) is 0 Å². The van der Waals surface area contributed by atoms with Crippen molar-refractivity contribution in [1.82, 2.24) is 0 Å². The van der Waals surface area contributed by atoms with Gasteiger partial charge in [-0.15, -0.1) is 0 Å². The summed E-state index contributed by atoms with van der Waals surface area (Å²) in [4.78, 5) is 21.4. The average molecular weight is 174 g/mol. The highest BCUT2D eigenvalue weighted by Gasteiger charge is 2.22. The number of Topliss-reactive ketones (excluding diaryl/α,β-unsaturated/α-hetero) is 1. The number of thioether (sulfide) groups is 1. The van der Waals surface area contributed by atoms with Gasteiger partial charge in [-0.2, -0.15) is 0 Å². The largest absolute Gasteiger partial charge is 0.300 e. The van der Waals surface area contributed by atoms with Crippen LogP contribution in [-0.4, -0.2) is 15.6 Å². The Morgan fingerprint density at radius 3 is 2.00 bits per heavy atom. The van der Waals surface area contributed by atoms with Crippen LogP contribution in [0, 0.1) is 0 Å². The molecule has 0 unspecified atom stereocenters. The third-order valence-electron chi connectivity index (χ3n) is 1.09. The molecule has 0 aliphatic rings. The summed E-state index contributed by atoms with van der Waals surface area (Å²) >= 11 is 1.23. The number of carbonyl (C=O) groups is 2. The maximum Gasteiger partial charge on any atom is 0.186 e. The van der Waals surface area contributed by atoms with E-state index in [1.165, 1.54) is 18.7 Å². The van der Waals surface area contributed by atoms with Crippen LogP contribution in [0.3, 0.4) is 0 Å². The van der Waals surface area contributed by atoms with Gasteiger partial charge in [0.05, 0.1) is 0 Å². The minimum atomic E-state index is -0.238. The van der Waals surface area contributed by atoms with Crippen molar-refractivity contribution in [2.75, 3.05) is 0 Å². The molecule has 0 heterocycles. The maximum atomic E-state index is 10.7. The average Bonchev–Trinajstić information content (AvgIpc) is 1.53. The lowest BCUT2D eigenvalue weighted by atomic mass is 10.1. The molecular weight excluding hydrogens is 160 g/mol. The molecule has 64 valence electrons. The second-order valence-corrected chi connectivity index (χ2v) is 5.12. The first-order valence-electron chi connectivity index (χ1n) is 3.52. The SMILES string of the molecule is CC(=O)CC(C)(C)SC(C)=O. The molecule has 0 bridgehead atoms. The fourth-order valence-corrected chi connectivity index (χ4v) is 2.08. The summed E-state index contributed by atoms with van der Waals surface area (Å²) in [7, 11) is 0. The van der Waals surface area contributed by atoms with Crippen LogP contribution >= 0.6 is 11.8 Å². The zero-order chi connectivity index (χ0) is 9.07. The van der Waals surface area contributed by atoms with Gasteiger partial charge in [-0.3, -0.25) is 9.59 Å². The highest BCUT2D eigenvalue weighted by molar-refractivity contribution is 8.14. The molecule has 0 atom stereocenters. The number of hydrogen-bond acceptors (Lipinski definition) is 3. The second kappa shape index (κ2) is 3.90. The summed E-state index contributed by atoms with van der Waals surface area (Å²) in [6.07, 6.45) is 0.456. The Morgan fingerprint density at radius 1 is 1.27 bits per heavy atom. The Labute approximate surface area is 71.7 Å². The molecule has 11 heavy (non-hydrogen) atoms. The zero-order valence-corrected chi connectivity index (χ0v) is 8.25. The third-order valence-corrected chi connectivity index (χ3v) is 2.08. The van der Waals surface area contributed by atoms with Crippen molar-refractivity contribution in [1.29, 1.82) is 0 Å². The molecule has 0 fully saturated rings. The molecule has 0 saturated carbocycles. The zero-order valence-electron chi connectivity index (χ0n) is 7.43. The van der Waals surface area contributed by atoms with Crippen molar-refractivity contribution < 1.29 is 9.59 Å². The van der Waals surface area contributed by atoms with Gasteiger partial charge in [0, 0.05) is 18.1 Å². The summed E-state index contributed by atoms with van der Waals surface area (Å²) < 4.78 is -0.238. The minimum absolute atomic E-state index is 0.0660. The van der Waals surface area contributed by atoms with Crippen LogP contribution in [0.5, 0.6) is 0 Å². The molecule has 0 amide bonds. The van der Waals surface area contributed by atoms with E-state index in [2.05, 4.69) is 0 Å². The van der Waals surface area contributed by atoms with Gasteiger partial charge >= 0.3 is 0 Å². The first-order chi connectivity index (χ1) is 4.83. The van der Waals surface area contributed by atoms with Crippen LogP contribution in [0.15, 0.2) is 0 Å².